The standard InChI is InChI=1S/C22H22N2O2/c1-2-26-21-14-13-18-10-6-7-11-19(18)20(21)16-23-24-22(25)15-12-17-8-4-3-5-9-17/h3-11,13-14,16H,2,12,15H2,1H3,(H,24,25)/b23-16-. The van der Waals surface area contributed by atoms with Gasteiger partial charge in [0.15, 0.2) is 0 Å². The van der Waals surface area contributed by atoms with E-state index in [1.54, 1.807) is 6.21 Å². The third-order valence-electron chi connectivity index (χ3n) is 4.10. The first-order chi connectivity index (χ1) is 12.8. The molecule has 0 saturated carbocycles. The Labute approximate surface area is 153 Å². The van der Waals surface area contributed by atoms with Gasteiger partial charge in [0.2, 0.25) is 5.91 Å². The maximum absolute atomic E-state index is 12.0. The number of nitrogens with zero attached hydrogens (tertiary/aromatic N) is 1. The van der Waals surface area contributed by atoms with Gasteiger partial charge < -0.3 is 4.74 Å². The summed E-state index contributed by atoms with van der Waals surface area (Å²) in [5.74, 6) is 0.650. The molecular weight excluding hydrogens is 324 g/mol. The molecule has 0 unspecified atom stereocenters. The molecule has 3 aromatic rings. The van der Waals surface area contributed by atoms with Crippen molar-refractivity contribution < 1.29 is 9.53 Å². The zero-order chi connectivity index (χ0) is 18.2. The van der Waals surface area contributed by atoms with E-state index < -0.39 is 0 Å². The molecule has 0 aliphatic carbocycles. The first kappa shape index (κ1) is 17.7. The van der Waals surface area contributed by atoms with Crippen LogP contribution < -0.4 is 10.2 Å². The minimum atomic E-state index is -0.108. The van der Waals surface area contributed by atoms with Crippen LogP contribution in [-0.2, 0) is 11.2 Å². The zero-order valence-corrected chi connectivity index (χ0v) is 14.8. The van der Waals surface area contributed by atoms with Crippen LogP contribution in [0.25, 0.3) is 10.8 Å². The monoisotopic (exact) mass is 346 g/mol. The number of fused-ring (bicyclic) bond motifs is 1. The highest BCUT2D eigenvalue weighted by atomic mass is 16.5. The molecule has 0 fully saturated rings. The Balaban J connectivity index is 1.69. The summed E-state index contributed by atoms with van der Waals surface area (Å²) < 4.78 is 5.70. The van der Waals surface area contributed by atoms with Crippen LogP contribution in [0.4, 0.5) is 0 Å². The van der Waals surface area contributed by atoms with Crippen molar-refractivity contribution >= 4 is 22.9 Å². The zero-order valence-electron chi connectivity index (χ0n) is 14.8. The second kappa shape index (κ2) is 8.81. The third kappa shape index (κ3) is 4.48. The van der Waals surface area contributed by atoms with E-state index in [1.165, 1.54) is 0 Å². The van der Waals surface area contributed by atoms with Gasteiger partial charge in [0.05, 0.1) is 12.8 Å². The smallest absolute Gasteiger partial charge is 0.240 e. The number of hydrogen-bond donors (Lipinski definition) is 1. The van der Waals surface area contributed by atoms with Crippen molar-refractivity contribution in [1.29, 1.82) is 0 Å². The van der Waals surface area contributed by atoms with Crippen molar-refractivity contribution in [2.75, 3.05) is 6.61 Å². The van der Waals surface area contributed by atoms with E-state index in [-0.39, 0.29) is 5.91 Å². The molecule has 0 bridgehead atoms. The van der Waals surface area contributed by atoms with Crippen molar-refractivity contribution in [3.8, 4) is 5.75 Å². The maximum Gasteiger partial charge on any atom is 0.240 e. The summed E-state index contributed by atoms with van der Waals surface area (Å²) in [5, 5.41) is 6.29. The molecule has 0 aliphatic heterocycles. The van der Waals surface area contributed by atoms with E-state index in [0.29, 0.717) is 19.4 Å². The fourth-order valence-corrected chi connectivity index (χ4v) is 2.82. The summed E-state index contributed by atoms with van der Waals surface area (Å²) in [6.45, 7) is 2.52. The summed E-state index contributed by atoms with van der Waals surface area (Å²) in [5.41, 5.74) is 4.62. The highest BCUT2D eigenvalue weighted by Gasteiger charge is 2.07. The number of aryl methyl sites for hydroxylation is 1. The molecule has 0 aromatic heterocycles. The first-order valence-electron chi connectivity index (χ1n) is 8.78. The summed E-state index contributed by atoms with van der Waals surface area (Å²) in [6, 6.07) is 21.9. The average molecular weight is 346 g/mol. The summed E-state index contributed by atoms with van der Waals surface area (Å²) in [6.07, 6.45) is 2.75. The Morgan fingerprint density at radius 2 is 1.81 bits per heavy atom. The number of carbonyl (C=O) groups excluding carboxylic acids is 1. The number of benzene rings is 3. The van der Waals surface area contributed by atoms with Crippen LogP contribution in [-0.4, -0.2) is 18.7 Å². The number of hydrazone groups is 1. The molecule has 1 amide bonds. The van der Waals surface area contributed by atoms with E-state index in [1.807, 2.05) is 73.7 Å². The molecular formula is C22H22N2O2. The van der Waals surface area contributed by atoms with Gasteiger partial charge in [-0.15, -0.1) is 0 Å². The lowest BCUT2D eigenvalue weighted by Gasteiger charge is -2.10. The Morgan fingerprint density at radius 3 is 2.62 bits per heavy atom. The summed E-state index contributed by atoms with van der Waals surface area (Å²) >= 11 is 0. The Bertz CT molecular complexity index is 904. The topological polar surface area (TPSA) is 50.7 Å². The van der Waals surface area contributed by atoms with Crippen LogP contribution >= 0.6 is 0 Å². The molecule has 0 heterocycles. The number of amides is 1. The first-order valence-corrected chi connectivity index (χ1v) is 8.78. The van der Waals surface area contributed by atoms with Crippen molar-refractivity contribution in [2.45, 2.75) is 19.8 Å². The molecule has 4 nitrogen and oxygen atoms in total. The number of ether oxygens (including phenoxy) is 1. The maximum atomic E-state index is 12.0. The Hall–Kier alpha value is -3.14. The lowest BCUT2D eigenvalue weighted by atomic mass is 10.0. The van der Waals surface area contributed by atoms with Crippen molar-refractivity contribution in [1.82, 2.24) is 5.43 Å². The van der Waals surface area contributed by atoms with Gasteiger partial charge in [-0.05, 0) is 35.7 Å². The predicted octanol–water partition coefficient (Wildman–Crippen LogP) is 4.32. The molecule has 0 aliphatic rings. The van der Waals surface area contributed by atoms with Gasteiger partial charge in [0.25, 0.3) is 0 Å². The molecule has 1 N–H and O–H groups in total. The fourth-order valence-electron chi connectivity index (χ4n) is 2.82. The van der Waals surface area contributed by atoms with Crippen LogP contribution in [0.1, 0.15) is 24.5 Å². The van der Waals surface area contributed by atoms with Crippen LogP contribution in [0, 0.1) is 0 Å². The molecule has 132 valence electrons. The molecule has 0 radical (unpaired) electrons. The minimum absolute atomic E-state index is 0.108. The van der Waals surface area contributed by atoms with Gasteiger partial charge in [-0.2, -0.15) is 5.10 Å². The minimum Gasteiger partial charge on any atom is -0.493 e. The molecule has 26 heavy (non-hydrogen) atoms. The van der Waals surface area contributed by atoms with Gasteiger partial charge in [0.1, 0.15) is 5.75 Å². The third-order valence-corrected chi connectivity index (χ3v) is 4.10. The SMILES string of the molecule is CCOc1ccc2ccccc2c1/C=N\NC(=O)CCc1ccccc1. The van der Waals surface area contributed by atoms with Crippen LogP contribution in [0.3, 0.4) is 0 Å². The lowest BCUT2D eigenvalue weighted by molar-refractivity contribution is -0.121. The molecule has 4 heteroatoms. The summed E-state index contributed by atoms with van der Waals surface area (Å²) in [7, 11) is 0. The second-order valence-corrected chi connectivity index (χ2v) is 5.91. The quantitative estimate of drug-likeness (QED) is 0.512. The molecule has 3 aromatic carbocycles. The van der Waals surface area contributed by atoms with Gasteiger partial charge in [-0.3, -0.25) is 4.79 Å². The molecule has 3 rings (SSSR count). The average Bonchev–Trinajstić information content (AvgIpc) is 2.69. The normalized spacial score (nSPS) is 11.0. The van der Waals surface area contributed by atoms with Crippen LogP contribution in [0.5, 0.6) is 5.75 Å². The van der Waals surface area contributed by atoms with Gasteiger partial charge in [-0.1, -0.05) is 60.7 Å². The fraction of sp³-hybridized carbons (Fsp3) is 0.182. The van der Waals surface area contributed by atoms with Crippen LogP contribution in [0.15, 0.2) is 71.8 Å². The van der Waals surface area contributed by atoms with Crippen LogP contribution in [0.2, 0.25) is 0 Å². The van der Waals surface area contributed by atoms with E-state index in [2.05, 4.69) is 10.5 Å². The van der Waals surface area contributed by atoms with Gasteiger partial charge in [-0.25, -0.2) is 5.43 Å². The number of hydrogen-bond acceptors (Lipinski definition) is 3. The predicted molar refractivity (Wildman–Crippen MR) is 106 cm³/mol. The number of rotatable bonds is 7. The highest BCUT2D eigenvalue weighted by molar-refractivity contribution is 6.02. The van der Waals surface area contributed by atoms with E-state index in [4.69, 9.17) is 4.74 Å². The largest absolute Gasteiger partial charge is 0.493 e. The van der Waals surface area contributed by atoms with E-state index in [0.717, 1.165) is 27.6 Å². The molecule has 0 atom stereocenters. The summed E-state index contributed by atoms with van der Waals surface area (Å²) in [4.78, 5) is 12.0. The van der Waals surface area contributed by atoms with Crippen molar-refractivity contribution in [3.05, 3.63) is 77.9 Å². The Morgan fingerprint density at radius 1 is 1.04 bits per heavy atom. The molecule has 0 spiro atoms. The van der Waals surface area contributed by atoms with E-state index >= 15 is 0 Å². The van der Waals surface area contributed by atoms with Gasteiger partial charge in [0, 0.05) is 12.0 Å². The molecule has 0 saturated heterocycles. The second-order valence-electron chi connectivity index (χ2n) is 5.91. The Kier molecular flexibility index (Phi) is 5.99. The highest BCUT2D eigenvalue weighted by Crippen LogP contribution is 2.26. The van der Waals surface area contributed by atoms with Gasteiger partial charge >= 0.3 is 0 Å². The number of nitrogens with one attached hydrogen (secondary N) is 1. The lowest BCUT2D eigenvalue weighted by Crippen LogP contribution is -2.18. The number of carbonyl (C=O) groups is 1. The van der Waals surface area contributed by atoms with Crippen molar-refractivity contribution in [3.63, 3.8) is 0 Å². The van der Waals surface area contributed by atoms with E-state index in [9.17, 15) is 4.79 Å². The van der Waals surface area contributed by atoms with Crippen molar-refractivity contribution in [2.24, 2.45) is 5.10 Å².